The largest absolute Gasteiger partial charge is 0.493 e. The summed E-state index contributed by atoms with van der Waals surface area (Å²) >= 11 is 2.39. The number of anilines is 1. The molecule has 2 aromatic rings. The molecule has 252 valence electrons. The Morgan fingerprint density at radius 1 is 0.978 bits per heavy atom. The van der Waals surface area contributed by atoms with Gasteiger partial charge in [-0.15, -0.1) is 0 Å². The molecule has 0 unspecified atom stereocenters. The molecule has 1 fully saturated rings. The SMILES string of the molecule is COCCCOc1cc(C[C@@H](C[C@H](I)[C@@H](O)C[C@H](C(=O)NCc2cccc(N3CCOCC3)c2)C(C)C)C(C)C)ccc1OC. The van der Waals surface area contributed by atoms with Crippen LogP contribution in [0.3, 0.4) is 0 Å². The van der Waals surface area contributed by atoms with Crippen LogP contribution in [0.15, 0.2) is 42.5 Å². The molecule has 3 rings (SSSR count). The van der Waals surface area contributed by atoms with Gasteiger partial charge in [-0.3, -0.25) is 4.79 Å². The molecule has 0 bridgehead atoms. The summed E-state index contributed by atoms with van der Waals surface area (Å²) in [5.74, 6) is 2.12. The number of aliphatic hydroxyl groups excluding tert-OH is 1. The highest BCUT2D eigenvalue weighted by Gasteiger charge is 2.30. The zero-order chi connectivity index (χ0) is 32.8. The Bertz CT molecular complexity index is 1160. The average Bonchev–Trinajstić information content (AvgIpc) is 3.04. The molecule has 0 aromatic heterocycles. The standard InChI is InChI=1S/C36H55IN2O6/c1-25(2)29(19-27-11-12-34(43-6)35(21-27)45-16-8-15-42-5)22-32(37)33(40)23-31(26(3)4)36(41)38-24-28-9-7-10-30(20-28)39-13-17-44-18-14-39/h7,9-12,20-21,25-26,29,31-33,40H,8,13-19,22-24H2,1-6H3,(H,38,41)/t29-,31-,32-,33-/m0/s1. The van der Waals surface area contributed by atoms with Crippen molar-refractivity contribution in [3.63, 3.8) is 0 Å². The molecule has 1 amide bonds. The van der Waals surface area contributed by atoms with Crippen molar-refractivity contribution in [1.29, 1.82) is 0 Å². The summed E-state index contributed by atoms with van der Waals surface area (Å²) in [6.45, 7) is 13.5. The second-order valence-corrected chi connectivity index (χ2v) is 14.4. The molecule has 1 aliphatic heterocycles. The maximum atomic E-state index is 13.4. The van der Waals surface area contributed by atoms with Crippen LogP contribution in [0.1, 0.15) is 58.1 Å². The Balaban J connectivity index is 1.57. The quantitative estimate of drug-likeness (QED) is 0.0995. The van der Waals surface area contributed by atoms with Crippen molar-refractivity contribution >= 4 is 34.2 Å². The molecule has 0 saturated carbocycles. The number of hydrogen-bond donors (Lipinski definition) is 2. The molecule has 1 saturated heterocycles. The molecule has 1 heterocycles. The van der Waals surface area contributed by atoms with Crippen LogP contribution < -0.4 is 19.7 Å². The number of benzene rings is 2. The molecule has 45 heavy (non-hydrogen) atoms. The predicted molar refractivity (Wildman–Crippen MR) is 190 cm³/mol. The van der Waals surface area contributed by atoms with Crippen LogP contribution in [0.2, 0.25) is 0 Å². The Morgan fingerprint density at radius 2 is 1.73 bits per heavy atom. The summed E-state index contributed by atoms with van der Waals surface area (Å²) < 4.78 is 22.2. The van der Waals surface area contributed by atoms with Gasteiger partial charge < -0.3 is 34.3 Å². The zero-order valence-corrected chi connectivity index (χ0v) is 30.3. The van der Waals surface area contributed by atoms with E-state index in [0.717, 1.165) is 68.3 Å². The summed E-state index contributed by atoms with van der Waals surface area (Å²) in [5.41, 5.74) is 3.42. The van der Waals surface area contributed by atoms with Gasteiger partial charge in [0.1, 0.15) is 0 Å². The first-order valence-corrected chi connectivity index (χ1v) is 17.7. The van der Waals surface area contributed by atoms with Crippen LogP contribution >= 0.6 is 22.6 Å². The first-order valence-electron chi connectivity index (χ1n) is 16.4. The number of rotatable bonds is 19. The minimum absolute atomic E-state index is 0.00102. The van der Waals surface area contributed by atoms with E-state index in [4.69, 9.17) is 18.9 Å². The van der Waals surface area contributed by atoms with Gasteiger partial charge in [-0.2, -0.15) is 0 Å². The number of alkyl halides is 1. The third-order valence-corrected chi connectivity index (χ3v) is 10.1. The van der Waals surface area contributed by atoms with Gasteiger partial charge in [0.2, 0.25) is 5.91 Å². The summed E-state index contributed by atoms with van der Waals surface area (Å²) in [6, 6.07) is 14.5. The lowest BCUT2D eigenvalue weighted by Gasteiger charge is -2.30. The molecule has 9 heteroatoms. The van der Waals surface area contributed by atoms with Crippen LogP contribution in [-0.2, 0) is 27.2 Å². The number of morpholine rings is 1. The summed E-state index contributed by atoms with van der Waals surface area (Å²) in [4.78, 5) is 15.7. The van der Waals surface area contributed by atoms with Crippen molar-refractivity contribution in [1.82, 2.24) is 5.32 Å². The topological polar surface area (TPSA) is 89.5 Å². The fourth-order valence-electron chi connectivity index (χ4n) is 5.78. The Morgan fingerprint density at radius 3 is 2.40 bits per heavy atom. The summed E-state index contributed by atoms with van der Waals surface area (Å²) in [6.07, 6.45) is 2.41. The third kappa shape index (κ3) is 12.2. The molecule has 1 aliphatic rings. The Labute approximate surface area is 284 Å². The minimum Gasteiger partial charge on any atom is -0.493 e. The van der Waals surface area contributed by atoms with Gasteiger partial charge in [0.25, 0.3) is 0 Å². The maximum Gasteiger partial charge on any atom is 0.223 e. The van der Waals surface area contributed by atoms with E-state index in [2.05, 4.69) is 90.8 Å². The van der Waals surface area contributed by atoms with E-state index in [1.807, 2.05) is 12.1 Å². The number of carbonyl (C=O) groups excluding carboxylic acids is 1. The van der Waals surface area contributed by atoms with Gasteiger partial charge in [-0.1, -0.05) is 68.5 Å². The van der Waals surface area contributed by atoms with Crippen LogP contribution in [0, 0.1) is 23.7 Å². The molecule has 8 nitrogen and oxygen atoms in total. The van der Waals surface area contributed by atoms with E-state index in [-0.39, 0.29) is 21.7 Å². The highest BCUT2D eigenvalue weighted by molar-refractivity contribution is 14.1. The minimum atomic E-state index is -0.579. The van der Waals surface area contributed by atoms with E-state index in [1.54, 1.807) is 14.2 Å². The van der Waals surface area contributed by atoms with Crippen molar-refractivity contribution < 1.29 is 28.8 Å². The highest BCUT2D eigenvalue weighted by atomic mass is 127. The van der Waals surface area contributed by atoms with E-state index in [1.165, 1.54) is 5.56 Å². The fraction of sp³-hybridized carbons (Fsp3) is 0.639. The number of methoxy groups -OCH3 is 2. The van der Waals surface area contributed by atoms with Gasteiger partial charge in [0.05, 0.1) is 33.0 Å². The molecule has 2 aromatic carbocycles. The van der Waals surface area contributed by atoms with Crippen molar-refractivity contribution in [2.45, 2.75) is 70.0 Å². The first-order chi connectivity index (χ1) is 21.6. The predicted octanol–water partition coefficient (Wildman–Crippen LogP) is 6.30. The van der Waals surface area contributed by atoms with Crippen molar-refractivity contribution in [2.75, 3.05) is 58.6 Å². The number of halogens is 1. The van der Waals surface area contributed by atoms with E-state index >= 15 is 0 Å². The lowest BCUT2D eigenvalue weighted by atomic mass is 9.82. The maximum absolute atomic E-state index is 13.4. The van der Waals surface area contributed by atoms with Gasteiger partial charge >= 0.3 is 0 Å². The number of nitrogens with one attached hydrogen (secondary N) is 1. The van der Waals surface area contributed by atoms with Crippen molar-refractivity contribution in [3.8, 4) is 11.5 Å². The smallest absolute Gasteiger partial charge is 0.223 e. The Kier molecular flexibility index (Phi) is 16.2. The molecular weight excluding hydrogens is 683 g/mol. The van der Waals surface area contributed by atoms with Gasteiger partial charge in [0.15, 0.2) is 11.5 Å². The molecule has 2 N–H and O–H groups in total. The lowest BCUT2D eigenvalue weighted by molar-refractivity contribution is -0.127. The number of hydrogen-bond acceptors (Lipinski definition) is 7. The van der Waals surface area contributed by atoms with Crippen LogP contribution in [0.25, 0.3) is 0 Å². The molecular formula is C36H55IN2O6. The third-order valence-electron chi connectivity index (χ3n) is 8.76. The number of carbonyl (C=O) groups is 1. The molecule has 0 spiro atoms. The van der Waals surface area contributed by atoms with E-state index < -0.39 is 6.10 Å². The summed E-state index contributed by atoms with van der Waals surface area (Å²) in [5, 5.41) is 14.5. The van der Waals surface area contributed by atoms with E-state index in [0.29, 0.717) is 38.0 Å². The van der Waals surface area contributed by atoms with Crippen LogP contribution in [0.4, 0.5) is 5.69 Å². The fourth-order valence-corrected chi connectivity index (χ4v) is 6.73. The van der Waals surface area contributed by atoms with Crippen LogP contribution in [-0.4, -0.2) is 74.8 Å². The lowest BCUT2D eigenvalue weighted by Crippen LogP contribution is -2.38. The van der Waals surface area contributed by atoms with Gasteiger partial charge in [-0.25, -0.2) is 0 Å². The normalized spacial score (nSPS) is 16.4. The first kappa shape index (κ1) is 37.4. The number of nitrogens with zero attached hydrogens (tertiary/aromatic N) is 1. The second kappa shape index (κ2) is 19.6. The van der Waals surface area contributed by atoms with Gasteiger partial charge in [-0.05, 0) is 72.4 Å². The molecule has 0 aliphatic carbocycles. The monoisotopic (exact) mass is 738 g/mol. The number of aliphatic hydroxyl groups is 1. The average molecular weight is 739 g/mol. The molecule has 4 atom stereocenters. The Hall–Kier alpha value is -2.08. The number of amides is 1. The number of ether oxygens (including phenoxy) is 4. The van der Waals surface area contributed by atoms with Crippen molar-refractivity contribution in [2.24, 2.45) is 23.7 Å². The zero-order valence-electron chi connectivity index (χ0n) is 28.1. The highest BCUT2D eigenvalue weighted by Crippen LogP contribution is 2.33. The summed E-state index contributed by atoms with van der Waals surface area (Å²) in [7, 11) is 3.35. The van der Waals surface area contributed by atoms with Gasteiger partial charge in [0, 0.05) is 55.3 Å². The molecule has 0 radical (unpaired) electrons. The van der Waals surface area contributed by atoms with Crippen LogP contribution in [0.5, 0.6) is 11.5 Å². The van der Waals surface area contributed by atoms with E-state index in [9.17, 15) is 9.90 Å². The van der Waals surface area contributed by atoms with Crippen molar-refractivity contribution in [3.05, 3.63) is 53.6 Å². The second-order valence-electron chi connectivity index (χ2n) is 12.8.